The number of thioether (sulfide) groups is 1. The number of tetrazole rings is 1. The molecule has 4 aliphatic carbocycles. The van der Waals surface area contributed by atoms with Gasteiger partial charge >= 0.3 is 0 Å². The molecule has 1 N–H and O–H groups in total. The zero-order valence-corrected chi connectivity index (χ0v) is 18.2. The van der Waals surface area contributed by atoms with Gasteiger partial charge in [-0.2, -0.15) is 4.68 Å². The maximum Gasteiger partial charge on any atom is 0.233 e. The van der Waals surface area contributed by atoms with Crippen LogP contribution in [0.4, 0.5) is 0 Å². The first-order chi connectivity index (χ1) is 13.9. The molecule has 0 spiro atoms. The monoisotopic (exact) mass is 411 g/mol. The summed E-state index contributed by atoms with van der Waals surface area (Å²) >= 11 is 1.44. The predicted octanol–water partition coefficient (Wildman–Crippen LogP) is 3.84. The first kappa shape index (κ1) is 19.1. The highest BCUT2D eigenvalue weighted by Crippen LogP contribution is 2.55. The van der Waals surface area contributed by atoms with Crippen molar-refractivity contribution in [1.82, 2.24) is 25.5 Å². The standard InChI is InChI=1S/C22H29N5OS/c1-13-4-5-14(2)19(6-13)27-21(24-25-26-27)29-15(3)20(28)23-22-10-16-7-17(11-22)9-18(8-16)12-22/h4-6,15-18H,7-12H2,1-3H3,(H,23,28)/t15-,16?,17?,18?,22?/m0/s1. The summed E-state index contributed by atoms with van der Waals surface area (Å²) in [7, 11) is 0. The van der Waals surface area contributed by atoms with Crippen LogP contribution in [0.2, 0.25) is 0 Å². The van der Waals surface area contributed by atoms with Gasteiger partial charge in [0.1, 0.15) is 0 Å². The fraction of sp³-hybridized carbons (Fsp3) is 0.636. The van der Waals surface area contributed by atoms with Crippen LogP contribution in [-0.2, 0) is 4.79 Å². The summed E-state index contributed by atoms with van der Waals surface area (Å²) in [6, 6.07) is 6.23. The molecule has 1 atom stereocenters. The van der Waals surface area contributed by atoms with Crippen LogP contribution >= 0.6 is 11.8 Å². The van der Waals surface area contributed by atoms with Crippen LogP contribution in [-0.4, -0.2) is 36.9 Å². The number of benzene rings is 1. The number of carbonyl (C=O) groups is 1. The van der Waals surface area contributed by atoms with Gasteiger partial charge in [0, 0.05) is 5.54 Å². The Balaban J connectivity index is 1.30. The molecule has 1 aromatic heterocycles. The normalized spacial score (nSPS) is 31.1. The van der Waals surface area contributed by atoms with Gasteiger partial charge in [-0.05, 0) is 105 Å². The molecule has 1 amide bonds. The van der Waals surface area contributed by atoms with Crippen LogP contribution in [0.5, 0.6) is 0 Å². The summed E-state index contributed by atoms with van der Waals surface area (Å²) in [5, 5.41) is 16.2. The Morgan fingerprint density at radius 1 is 1.17 bits per heavy atom. The second-order valence-electron chi connectivity index (χ2n) is 9.61. The second-order valence-corrected chi connectivity index (χ2v) is 10.9. The van der Waals surface area contributed by atoms with Crippen molar-refractivity contribution in [3.8, 4) is 5.69 Å². The van der Waals surface area contributed by atoms with Crippen LogP contribution in [0.25, 0.3) is 5.69 Å². The number of nitrogens with one attached hydrogen (secondary N) is 1. The van der Waals surface area contributed by atoms with Crippen molar-refractivity contribution in [2.45, 2.75) is 75.2 Å². The zero-order valence-electron chi connectivity index (χ0n) is 17.4. The molecule has 29 heavy (non-hydrogen) atoms. The topological polar surface area (TPSA) is 72.7 Å². The highest BCUT2D eigenvalue weighted by Gasteiger charge is 2.51. The first-order valence-electron chi connectivity index (χ1n) is 10.8. The molecule has 4 aliphatic rings. The highest BCUT2D eigenvalue weighted by atomic mass is 32.2. The molecule has 0 unspecified atom stereocenters. The Hall–Kier alpha value is -1.89. The van der Waals surface area contributed by atoms with E-state index in [4.69, 9.17) is 0 Å². The number of carbonyl (C=O) groups excluding carboxylic acids is 1. The maximum atomic E-state index is 13.1. The molecule has 154 valence electrons. The molecule has 4 bridgehead atoms. The van der Waals surface area contributed by atoms with E-state index in [0.717, 1.165) is 34.6 Å². The van der Waals surface area contributed by atoms with Crippen molar-refractivity contribution in [1.29, 1.82) is 0 Å². The minimum absolute atomic E-state index is 0.0414. The van der Waals surface area contributed by atoms with Crippen molar-refractivity contribution >= 4 is 17.7 Å². The molecular formula is C22H29N5OS. The average Bonchev–Trinajstić information content (AvgIpc) is 3.10. The van der Waals surface area contributed by atoms with Gasteiger partial charge in [-0.3, -0.25) is 4.79 Å². The summed E-state index contributed by atoms with van der Waals surface area (Å²) < 4.78 is 1.75. The Kier molecular flexibility index (Phi) is 4.68. The van der Waals surface area contributed by atoms with E-state index in [9.17, 15) is 4.79 Å². The number of hydrogen-bond donors (Lipinski definition) is 1. The van der Waals surface area contributed by atoms with Gasteiger partial charge in [-0.1, -0.05) is 23.9 Å². The summed E-state index contributed by atoms with van der Waals surface area (Å²) in [6.45, 7) is 6.07. The average molecular weight is 412 g/mol. The Morgan fingerprint density at radius 2 is 1.83 bits per heavy atom. The van der Waals surface area contributed by atoms with Gasteiger partial charge < -0.3 is 5.32 Å². The molecule has 4 fully saturated rings. The minimum Gasteiger partial charge on any atom is -0.350 e. The summed E-state index contributed by atoms with van der Waals surface area (Å²) in [6.07, 6.45) is 7.64. The molecule has 6 nitrogen and oxygen atoms in total. The van der Waals surface area contributed by atoms with E-state index in [2.05, 4.69) is 46.0 Å². The maximum absolute atomic E-state index is 13.1. The third kappa shape index (κ3) is 3.58. The molecule has 4 saturated carbocycles. The summed E-state index contributed by atoms with van der Waals surface area (Å²) in [4.78, 5) is 13.1. The lowest BCUT2D eigenvalue weighted by atomic mass is 9.53. The number of nitrogens with zero attached hydrogens (tertiary/aromatic N) is 4. The highest BCUT2D eigenvalue weighted by molar-refractivity contribution is 8.00. The summed E-state index contributed by atoms with van der Waals surface area (Å²) in [5.74, 6) is 2.58. The predicted molar refractivity (Wildman–Crippen MR) is 113 cm³/mol. The lowest BCUT2D eigenvalue weighted by molar-refractivity contribution is -0.126. The van der Waals surface area contributed by atoms with E-state index < -0.39 is 0 Å². The van der Waals surface area contributed by atoms with Crippen LogP contribution < -0.4 is 5.32 Å². The molecule has 1 aromatic carbocycles. The second kappa shape index (κ2) is 7.11. The quantitative estimate of drug-likeness (QED) is 0.757. The van der Waals surface area contributed by atoms with Gasteiger partial charge in [-0.15, -0.1) is 5.10 Å². The van der Waals surface area contributed by atoms with Crippen LogP contribution in [0, 0.1) is 31.6 Å². The molecule has 6 rings (SSSR count). The van der Waals surface area contributed by atoms with E-state index in [1.165, 1.54) is 50.3 Å². The number of aromatic nitrogens is 4. The molecule has 0 radical (unpaired) electrons. The minimum atomic E-state index is -0.238. The van der Waals surface area contributed by atoms with Crippen molar-refractivity contribution in [3.05, 3.63) is 29.3 Å². The van der Waals surface area contributed by atoms with Crippen LogP contribution in [0.1, 0.15) is 56.6 Å². The van der Waals surface area contributed by atoms with Gasteiger partial charge in [0.05, 0.1) is 10.9 Å². The number of hydrogen-bond acceptors (Lipinski definition) is 5. The van der Waals surface area contributed by atoms with E-state index in [-0.39, 0.29) is 16.7 Å². The fourth-order valence-electron chi connectivity index (χ4n) is 6.19. The Bertz CT molecular complexity index is 904. The van der Waals surface area contributed by atoms with Gasteiger partial charge in [0.15, 0.2) is 0 Å². The molecule has 0 saturated heterocycles. The number of rotatable bonds is 5. The Labute approximate surface area is 176 Å². The molecular weight excluding hydrogens is 382 g/mol. The SMILES string of the molecule is Cc1ccc(C)c(-n2nnnc2S[C@@H](C)C(=O)NC23CC4CC(CC(C4)C2)C3)c1. The molecule has 7 heteroatoms. The van der Waals surface area contributed by atoms with Crippen molar-refractivity contribution in [2.75, 3.05) is 0 Å². The van der Waals surface area contributed by atoms with Crippen LogP contribution in [0.3, 0.4) is 0 Å². The third-order valence-electron chi connectivity index (χ3n) is 7.11. The molecule has 1 heterocycles. The van der Waals surface area contributed by atoms with E-state index >= 15 is 0 Å². The van der Waals surface area contributed by atoms with Gasteiger partial charge in [0.2, 0.25) is 11.1 Å². The van der Waals surface area contributed by atoms with E-state index in [1.807, 2.05) is 13.8 Å². The largest absolute Gasteiger partial charge is 0.350 e. The molecule has 0 aliphatic heterocycles. The molecule has 2 aromatic rings. The fourth-order valence-corrected chi connectivity index (χ4v) is 6.99. The Morgan fingerprint density at radius 3 is 2.48 bits per heavy atom. The summed E-state index contributed by atoms with van der Waals surface area (Å²) in [5.41, 5.74) is 3.27. The van der Waals surface area contributed by atoms with Crippen LogP contribution in [0.15, 0.2) is 23.4 Å². The smallest absolute Gasteiger partial charge is 0.233 e. The first-order valence-corrected chi connectivity index (χ1v) is 11.6. The number of aryl methyl sites for hydroxylation is 2. The zero-order chi connectivity index (χ0) is 20.2. The lowest BCUT2D eigenvalue weighted by Crippen LogP contribution is -2.60. The lowest BCUT2D eigenvalue weighted by Gasteiger charge is -2.57. The van der Waals surface area contributed by atoms with Crippen molar-refractivity contribution < 1.29 is 4.79 Å². The number of amides is 1. The van der Waals surface area contributed by atoms with Gasteiger partial charge in [0.25, 0.3) is 0 Å². The van der Waals surface area contributed by atoms with Crippen molar-refractivity contribution in [3.63, 3.8) is 0 Å². The van der Waals surface area contributed by atoms with Crippen molar-refractivity contribution in [2.24, 2.45) is 17.8 Å². The van der Waals surface area contributed by atoms with Gasteiger partial charge in [-0.25, -0.2) is 0 Å². The van der Waals surface area contributed by atoms with E-state index in [0.29, 0.717) is 5.16 Å². The van der Waals surface area contributed by atoms with E-state index in [1.54, 1.807) is 4.68 Å². The third-order valence-corrected chi connectivity index (χ3v) is 8.14.